The molecule has 2 aromatic rings. The van der Waals surface area contributed by atoms with Crippen LogP contribution in [0.5, 0.6) is 0 Å². The standard InChI is InChI=1S/C21H24N2O2/c1-4-23(5-2)21(25)19(15-17-9-7-6-8-10-17)22-20(24)18-13-11-16(3)12-14-18/h6-15H,4-5H2,1-3H3,(H,22,24). The van der Waals surface area contributed by atoms with Crippen LogP contribution in [0.3, 0.4) is 0 Å². The maximum absolute atomic E-state index is 12.8. The fourth-order valence-corrected chi connectivity index (χ4v) is 2.45. The van der Waals surface area contributed by atoms with E-state index in [4.69, 9.17) is 0 Å². The summed E-state index contributed by atoms with van der Waals surface area (Å²) in [5, 5.41) is 2.78. The molecular formula is C21H24N2O2. The lowest BCUT2D eigenvalue weighted by Gasteiger charge is -2.21. The molecule has 130 valence electrons. The minimum absolute atomic E-state index is 0.186. The maximum Gasteiger partial charge on any atom is 0.270 e. The molecule has 2 amide bonds. The number of hydrogen-bond acceptors (Lipinski definition) is 2. The molecule has 2 rings (SSSR count). The second-order valence-electron chi connectivity index (χ2n) is 5.77. The van der Waals surface area contributed by atoms with E-state index in [1.807, 2.05) is 63.2 Å². The van der Waals surface area contributed by atoms with Gasteiger partial charge in [-0.25, -0.2) is 0 Å². The Balaban J connectivity index is 2.31. The Labute approximate surface area is 149 Å². The number of likely N-dealkylation sites (N-methyl/N-ethyl adjacent to an activating group) is 1. The number of nitrogens with zero attached hydrogens (tertiary/aromatic N) is 1. The molecule has 0 aliphatic heterocycles. The summed E-state index contributed by atoms with van der Waals surface area (Å²) in [7, 11) is 0. The van der Waals surface area contributed by atoms with Gasteiger partial charge in [0.2, 0.25) is 0 Å². The zero-order chi connectivity index (χ0) is 18.2. The van der Waals surface area contributed by atoms with Crippen LogP contribution in [0.2, 0.25) is 0 Å². The first kappa shape index (κ1) is 18.5. The lowest BCUT2D eigenvalue weighted by molar-refractivity contribution is -0.127. The number of hydrogen-bond donors (Lipinski definition) is 1. The monoisotopic (exact) mass is 336 g/mol. The predicted molar refractivity (Wildman–Crippen MR) is 101 cm³/mol. The van der Waals surface area contributed by atoms with Crippen LogP contribution in [0.15, 0.2) is 60.3 Å². The third-order valence-corrected chi connectivity index (χ3v) is 3.95. The van der Waals surface area contributed by atoms with Gasteiger partial charge in [0, 0.05) is 18.7 Å². The van der Waals surface area contributed by atoms with Crippen LogP contribution >= 0.6 is 0 Å². The molecule has 0 radical (unpaired) electrons. The van der Waals surface area contributed by atoms with Gasteiger partial charge in [0.25, 0.3) is 11.8 Å². The van der Waals surface area contributed by atoms with E-state index in [1.165, 1.54) is 0 Å². The van der Waals surface area contributed by atoms with Gasteiger partial charge in [-0.2, -0.15) is 0 Å². The molecule has 0 bridgehead atoms. The van der Waals surface area contributed by atoms with Gasteiger partial charge in [-0.15, -0.1) is 0 Å². The minimum atomic E-state index is -0.289. The highest BCUT2D eigenvalue weighted by Gasteiger charge is 2.18. The SMILES string of the molecule is CCN(CC)C(=O)C(=Cc1ccccc1)NC(=O)c1ccc(C)cc1. The lowest BCUT2D eigenvalue weighted by atomic mass is 10.1. The van der Waals surface area contributed by atoms with Gasteiger partial charge in [0.1, 0.15) is 5.70 Å². The zero-order valence-electron chi connectivity index (χ0n) is 15.0. The largest absolute Gasteiger partial charge is 0.338 e. The third kappa shape index (κ3) is 5.05. The molecule has 2 aromatic carbocycles. The smallest absolute Gasteiger partial charge is 0.270 e. The van der Waals surface area contributed by atoms with E-state index in [1.54, 1.807) is 23.1 Å². The van der Waals surface area contributed by atoms with Crippen molar-refractivity contribution < 1.29 is 9.59 Å². The minimum Gasteiger partial charge on any atom is -0.338 e. The summed E-state index contributed by atoms with van der Waals surface area (Å²) in [5.74, 6) is -0.475. The average Bonchev–Trinajstić information content (AvgIpc) is 2.63. The van der Waals surface area contributed by atoms with E-state index in [0.29, 0.717) is 18.7 Å². The second-order valence-corrected chi connectivity index (χ2v) is 5.77. The molecule has 0 aliphatic rings. The van der Waals surface area contributed by atoms with Gasteiger partial charge in [0.15, 0.2) is 0 Å². The Morgan fingerprint density at radius 3 is 2.12 bits per heavy atom. The molecule has 0 unspecified atom stereocenters. The van der Waals surface area contributed by atoms with Crippen LogP contribution in [0, 0.1) is 6.92 Å². The fourth-order valence-electron chi connectivity index (χ4n) is 2.45. The topological polar surface area (TPSA) is 49.4 Å². The number of rotatable bonds is 6. The van der Waals surface area contributed by atoms with Gasteiger partial charge in [0.05, 0.1) is 0 Å². The van der Waals surface area contributed by atoms with Crippen LogP contribution in [0.25, 0.3) is 6.08 Å². The number of carbonyl (C=O) groups excluding carboxylic acids is 2. The van der Waals surface area contributed by atoms with Crippen molar-refractivity contribution in [3.63, 3.8) is 0 Å². The molecule has 4 nitrogen and oxygen atoms in total. The summed E-state index contributed by atoms with van der Waals surface area (Å²) >= 11 is 0. The van der Waals surface area contributed by atoms with Crippen molar-refractivity contribution >= 4 is 17.9 Å². The van der Waals surface area contributed by atoms with E-state index in [9.17, 15) is 9.59 Å². The first-order chi connectivity index (χ1) is 12.0. The summed E-state index contributed by atoms with van der Waals surface area (Å²) in [4.78, 5) is 27.0. The average molecular weight is 336 g/mol. The first-order valence-electron chi connectivity index (χ1n) is 8.49. The fraction of sp³-hybridized carbons (Fsp3) is 0.238. The Hall–Kier alpha value is -2.88. The summed E-state index contributed by atoms with van der Waals surface area (Å²) in [6.45, 7) is 6.97. The Morgan fingerprint density at radius 2 is 1.56 bits per heavy atom. The summed E-state index contributed by atoms with van der Waals surface area (Å²) in [5.41, 5.74) is 2.75. The van der Waals surface area contributed by atoms with Crippen LogP contribution in [0.4, 0.5) is 0 Å². The van der Waals surface area contributed by atoms with Gasteiger partial charge in [-0.1, -0.05) is 48.0 Å². The van der Waals surface area contributed by atoms with Crippen LogP contribution < -0.4 is 5.32 Å². The summed E-state index contributed by atoms with van der Waals surface area (Å²) in [6.07, 6.45) is 1.72. The number of aryl methyl sites for hydroxylation is 1. The molecular weight excluding hydrogens is 312 g/mol. The van der Waals surface area contributed by atoms with Gasteiger partial charge in [-0.05, 0) is 44.5 Å². The lowest BCUT2D eigenvalue weighted by Crippen LogP contribution is -2.38. The Kier molecular flexibility index (Phi) is 6.52. The van der Waals surface area contributed by atoms with E-state index >= 15 is 0 Å². The van der Waals surface area contributed by atoms with Crippen molar-refractivity contribution in [1.29, 1.82) is 0 Å². The normalized spacial score (nSPS) is 11.1. The molecule has 4 heteroatoms. The van der Waals surface area contributed by atoms with Crippen molar-refractivity contribution in [2.45, 2.75) is 20.8 Å². The van der Waals surface area contributed by atoms with Crippen molar-refractivity contribution in [2.24, 2.45) is 0 Å². The molecule has 0 spiro atoms. The van der Waals surface area contributed by atoms with Crippen LogP contribution in [-0.4, -0.2) is 29.8 Å². The predicted octanol–water partition coefficient (Wildman–Crippen LogP) is 3.63. The van der Waals surface area contributed by atoms with E-state index in [2.05, 4.69) is 5.32 Å². The zero-order valence-corrected chi connectivity index (χ0v) is 15.0. The van der Waals surface area contributed by atoms with Gasteiger partial charge < -0.3 is 10.2 Å². The van der Waals surface area contributed by atoms with Crippen LogP contribution in [0.1, 0.15) is 35.3 Å². The molecule has 0 saturated heterocycles. The van der Waals surface area contributed by atoms with Crippen LogP contribution in [-0.2, 0) is 4.79 Å². The number of carbonyl (C=O) groups is 2. The number of amides is 2. The van der Waals surface area contributed by atoms with Gasteiger partial charge >= 0.3 is 0 Å². The number of benzene rings is 2. The first-order valence-corrected chi connectivity index (χ1v) is 8.49. The van der Waals surface area contributed by atoms with Crippen molar-refractivity contribution in [3.8, 4) is 0 Å². The molecule has 0 aromatic heterocycles. The molecule has 0 fully saturated rings. The molecule has 0 atom stereocenters. The van der Waals surface area contributed by atoms with E-state index < -0.39 is 0 Å². The maximum atomic E-state index is 12.8. The molecule has 0 saturated carbocycles. The van der Waals surface area contributed by atoms with E-state index in [0.717, 1.165) is 11.1 Å². The van der Waals surface area contributed by atoms with Crippen molar-refractivity contribution in [3.05, 3.63) is 77.0 Å². The van der Waals surface area contributed by atoms with E-state index in [-0.39, 0.29) is 17.5 Å². The highest BCUT2D eigenvalue weighted by atomic mass is 16.2. The highest BCUT2D eigenvalue weighted by Crippen LogP contribution is 2.10. The summed E-state index contributed by atoms with van der Waals surface area (Å²) in [6, 6.07) is 16.8. The quantitative estimate of drug-likeness (QED) is 0.819. The Morgan fingerprint density at radius 1 is 0.960 bits per heavy atom. The second kappa shape index (κ2) is 8.83. The van der Waals surface area contributed by atoms with Crippen molar-refractivity contribution in [1.82, 2.24) is 10.2 Å². The van der Waals surface area contributed by atoms with Gasteiger partial charge in [-0.3, -0.25) is 9.59 Å². The molecule has 25 heavy (non-hydrogen) atoms. The molecule has 0 heterocycles. The third-order valence-electron chi connectivity index (χ3n) is 3.95. The van der Waals surface area contributed by atoms with Crippen molar-refractivity contribution in [2.75, 3.05) is 13.1 Å². The number of nitrogens with one attached hydrogen (secondary N) is 1. The Bertz CT molecular complexity index is 745. The molecule has 0 aliphatic carbocycles. The summed E-state index contributed by atoms with van der Waals surface area (Å²) < 4.78 is 0. The molecule has 1 N–H and O–H groups in total. The highest BCUT2D eigenvalue weighted by molar-refractivity contribution is 6.05.